The fourth-order valence-electron chi connectivity index (χ4n) is 3.76. The summed E-state index contributed by atoms with van der Waals surface area (Å²) in [5.74, 6) is 1.30. The molecule has 1 aromatic carbocycles. The van der Waals surface area contributed by atoms with Crippen molar-refractivity contribution >= 4 is 15.9 Å². The van der Waals surface area contributed by atoms with Gasteiger partial charge in [-0.05, 0) is 24.1 Å². The summed E-state index contributed by atoms with van der Waals surface area (Å²) in [6.45, 7) is 0.779. The van der Waals surface area contributed by atoms with Crippen LogP contribution in [-0.4, -0.2) is 52.2 Å². The van der Waals surface area contributed by atoms with Gasteiger partial charge in [-0.15, -0.1) is 0 Å². The Morgan fingerprint density at radius 1 is 1.24 bits per heavy atom. The summed E-state index contributed by atoms with van der Waals surface area (Å²) in [5.41, 5.74) is 0.813. The number of nitrogens with one attached hydrogen (secondary N) is 2. The topological polar surface area (TPSA) is 103 Å². The standard InChI is InChI=1S/C16H20N2O6S/c1-25(20,21)18-15-14(10-4-5-22-16(10)15)17-13(19)7-9-2-3-11-12(6-9)24-8-23-11/h2-3,6,10,14-16,18H,4-5,7-8H2,1H3,(H,17,19)/t10-,14+,15-,16-/m1/s1. The highest BCUT2D eigenvalue weighted by molar-refractivity contribution is 7.88. The van der Waals surface area contributed by atoms with Crippen LogP contribution < -0.4 is 19.5 Å². The van der Waals surface area contributed by atoms with Gasteiger partial charge in [0.15, 0.2) is 11.5 Å². The summed E-state index contributed by atoms with van der Waals surface area (Å²) in [7, 11) is -3.37. The van der Waals surface area contributed by atoms with Gasteiger partial charge in [-0.25, -0.2) is 13.1 Å². The number of benzene rings is 1. The Kier molecular flexibility index (Phi) is 4.09. The molecular formula is C16H20N2O6S. The highest BCUT2D eigenvalue weighted by Gasteiger charge is 2.55. The zero-order valence-electron chi connectivity index (χ0n) is 13.7. The van der Waals surface area contributed by atoms with Gasteiger partial charge in [0.1, 0.15) is 0 Å². The van der Waals surface area contributed by atoms with E-state index in [2.05, 4.69) is 10.0 Å². The first-order valence-corrected chi connectivity index (χ1v) is 10.1. The normalized spacial score (nSPS) is 29.8. The molecule has 1 saturated heterocycles. The minimum Gasteiger partial charge on any atom is -0.454 e. The Bertz CT molecular complexity index is 796. The molecule has 0 radical (unpaired) electrons. The van der Waals surface area contributed by atoms with Gasteiger partial charge in [0.2, 0.25) is 22.7 Å². The molecule has 2 heterocycles. The first kappa shape index (κ1) is 16.6. The van der Waals surface area contributed by atoms with E-state index < -0.39 is 16.1 Å². The maximum atomic E-state index is 12.4. The number of hydrogen-bond donors (Lipinski definition) is 2. The third-order valence-electron chi connectivity index (χ3n) is 4.87. The Morgan fingerprint density at radius 2 is 2.04 bits per heavy atom. The molecule has 4 rings (SSSR count). The Balaban J connectivity index is 1.41. The van der Waals surface area contributed by atoms with Crippen molar-refractivity contribution in [3.8, 4) is 11.5 Å². The van der Waals surface area contributed by atoms with Gasteiger partial charge in [0.25, 0.3) is 0 Å². The molecule has 1 saturated carbocycles. The van der Waals surface area contributed by atoms with Crippen molar-refractivity contribution in [3.05, 3.63) is 23.8 Å². The zero-order chi connectivity index (χ0) is 17.6. The van der Waals surface area contributed by atoms with Crippen molar-refractivity contribution < 1.29 is 27.4 Å². The maximum Gasteiger partial charge on any atom is 0.231 e. The summed E-state index contributed by atoms with van der Waals surface area (Å²) < 4.78 is 41.8. The molecule has 1 aliphatic carbocycles. The van der Waals surface area contributed by atoms with Crippen molar-refractivity contribution in [2.45, 2.75) is 31.0 Å². The lowest BCUT2D eigenvalue weighted by atomic mass is 9.72. The summed E-state index contributed by atoms with van der Waals surface area (Å²) in [5, 5.41) is 2.96. The maximum absolute atomic E-state index is 12.4. The van der Waals surface area contributed by atoms with E-state index in [9.17, 15) is 13.2 Å². The minimum absolute atomic E-state index is 0.153. The summed E-state index contributed by atoms with van der Waals surface area (Å²) >= 11 is 0. The number of fused-ring (bicyclic) bond motifs is 2. The van der Waals surface area contributed by atoms with Gasteiger partial charge in [-0.3, -0.25) is 4.79 Å². The quantitative estimate of drug-likeness (QED) is 0.745. The fourth-order valence-corrected chi connectivity index (χ4v) is 4.54. The van der Waals surface area contributed by atoms with Gasteiger partial charge >= 0.3 is 0 Å². The number of carbonyl (C=O) groups excluding carboxylic acids is 1. The predicted molar refractivity (Wildman–Crippen MR) is 87.8 cm³/mol. The molecule has 3 aliphatic rings. The molecule has 2 aliphatic heterocycles. The first-order chi connectivity index (χ1) is 11.9. The van der Waals surface area contributed by atoms with Gasteiger partial charge in [0.05, 0.1) is 30.9 Å². The molecule has 2 fully saturated rings. The molecule has 9 heteroatoms. The number of sulfonamides is 1. The van der Waals surface area contributed by atoms with Crippen LogP contribution in [-0.2, 0) is 26.0 Å². The molecule has 0 spiro atoms. The van der Waals surface area contributed by atoms with Crippen molar-refractivity contribution in [3.63, 3.8) is 0 Å². The molecular weight excluding hydrogens is 348 g/mol. The van der Waals surface area contributed by atoms with Crippen LogP contribution in [0.2, 0.25) is 0 Å². The molecule has 0 unspecified atom stereocenters. The lowest BCUT2D eigenvalue weighted by Crippen LogP contribution is -2.70. The van der Waals surface area contributed by atoms with Crippen LogP contribution in [0.15, 0.2) is 18.2 Å². The molecule has 4 atom stereocenters. The summed E-state index contributed by atoms with van der Waals surface area (Å²) in [6.07, 6.45) is 1.96. The highest BCUT2D eigenvalue weighted by atomic mass is 32.2. The van der Waals surface area contributed by atoms with Gasteiger partial charge in [0, 0.05) is 12.5 Å². The van der Waals surface area contributed by atoms with Crippen LogP contribution in [0.5, 0.6) is 11.5 Å². The van der Waals surface area contributed by atoms with Crippen LogP contribution in [0.3, 0.4) is 0 Å². The van der Waals surface area contributed by atoms with Crippen LogP contribution in [0, 0.1) is 5.92 Å². The van der Waals surface area contributed by atoms with Crippen LogP contribution in [0.4, 0.5) is 0 Å². The SMILES string of the molecule is CS(=O)(=O)N[C@@H]1[C@@H](NC(=O)Cc2ccc3c(c2)OCO3)[C@H]2CCO[C@H]21. The Hall–Kier alpha value is -1.84. The first-order valence-electron chi connectivity index (χ1n) is 8.17. The van der Waals surface area contributed by atoms with E-state index in [1.165, 1.54) is 0 Å². The molecule has 1 aromatic rings. The van der Waals surface area contributed by atoms with Crippen molar-refractivity contribution in [2.75, 3.05) is 19.7 Å². The van der Waals surface area contributed by atoms with E-state index in [4.69, 9.17) is 14.2 Å². The largest absolute Gasteiger partial charge is 0.454 e. The number of carbonyl (C=O) groups is 1. The average Bonchev–Trinajstić information content (AvgIpc) is 3.16. The van der Waals surface area contributed by atoms with E-state index in [-0.39, 0.29) is 37.2 Å². The molecule has 1 amide bonds. The van der Waals surface area contributed by atoms with E-state index >= 15 is 0 Å². The molecule has 0 bridgehead atoms. The predicted octanol–water partition coefficient (Wildman–Crippen LogP) is -0.221. The average molecular weight is 368 g/mol. The van der Waals surface area contributed by atoms with Crippen molar-refractivity contribution in [1.29, 1.82) is 0 Å². The zero-order valence-corrected chi connectivity index (χ0v) is 14.5. The van der Waals surface area contributed by atoms with Crippen LogP contribution in [0.25, 0.3) is 0 Å². The third-order valence-corrected chi connectivity index (χ3v) is 5.57. The molecule has 136 valence electrons. The highest BCUT2D eigenvalue weighted by Crippen LogP contribution is 2.39. The second kappa shape index (κ2) is 6.15. The number of ether oxygens (including phenoxy) is 3. The lowest BCUT2D eigenvalue weighted by molar-refractivity contribution is -0.124. The Labute approximate surface area is 145 Å². The molecule has 25 heavy (non-hydrogen) atoms. The number of amides is 1. The van der Waals surface area contributed by atoms with Crippen molar-refractivity contribution in [2.24, 2.45) is 5.92 Å². The fraction of sp³-hybridized carbons (Fsp3) is 0.562. The van der Waals surface area contributed by atoms with Crippen molar-refractivity contribution in [1.82, 2.24) is 10.0 Å². The molecule has 8 nitrogen and oxygen atoms in total. The number of hydrogen-bond acceptors (Lipinski definition) is 6. The summed E-state index contributed by atoms with van der Waals surface area (Å²) in [4.78, 5) is 12.4. The van der Waals surface area contributed by atoms with Gasteiger partial charge in [-0.2, -0.15) is 0 Å². The Morgan fingerprint density at radius 3 is 2.84 bits per heavy atom. The number of rotatable bonds is 5. The van der Waals surface area contributed by atoms with E-state index in [1.54, 1.807) is 12.1 Å². The van der Waals surface area contributed by atoms with Gasteiger partial charge in [-0.1, -0.05) is 6.07 Å². The smallest absolute Gasteiger partial charge is 0.231 e. The van der Waals surface area contributed by atoms with E-state index in [1.807, 2.05) is 6.07 Å². The molecule has 0 aromatic heterocycles. The monoisotopic (exact) mass is 368 g/mol. The van der Waals surface area contributed by atoms with E-state index in [0.717, 1.165) is 18.2 Å². The molecule has 2 N–H and O–H groups in total. The lowest BCUT2D eigenvalue weighted by Gasteiger charge is -2.47. The third kappa shape index (κ3) is 3.31. The van der Waals surface area contributed by atoms with Crippen LogP contribution in [0.1, 0.15) is 12.0 Å². The second-order valence-corrected chi connectivity index (χ2v) is 8.44. The van der Waals surface area contributed by atoms with Gasteiger partial charge < -0.3 is 19.5 Å². The minimum atomic E-state index is -3.37. The van der Waals surface area contributed by atoms with E-state index in [0.29, 0.717) is 18.1 Å². The van der Waals surface area contributed by atoms with Crippen LogP contribution >= 0.6 is 0 Å². The second-order valence-electron chi connectivity index (χ2n) is 6.66. The summed E-state index contributed by atoms with van der Waals surface area (Å²) in [6, 6.07) is 4.73.